The molecule has 0 radical (unpaired) electrons. The van der Waals surface area contributed by atoms with E-state index in [1.165, 1.54) is 12.8 Å². The SMILES string of the molecule is N[C@H](CN1CCCC1)[C@H](O)c1cnc2c(c1)OCCO2. The first-order chi connectivity index (χ1) is 9.74. The smallest absolute Gasteiger partial charge is 0.257 e. The predicted octanol–water partition coefficient (Wildman–Crippen LogP) is 0.309. The second-order valence-corrected chi connectivity index (χ2v) is 5.39. The molecular formula is C14H21N3O3. The van der Waals surface area contributed by atoms with Crippen molar-refractivity contribution in [2.45, 2.75) is 25.0 Å². The van der Waals surface area contributed by atoms with E-state index in [2.05, 4.69) is 9.88 Å². The van der Waals surface area contributed by atoms with Gasteiger partial charge in [0.15, 0.2) is 5.75 Å². The fraction of sp³-hybridized carbons (Fsp3) is 0.643. The molecule has 1 aromatic heterocycles. The number of fused-ring (bicyclic) bond motifs is 1. The van der Waals surface area contributed by atoms with E-state index in [0.717, 1.165) is 13.1 Å². The quantitative estimate of drug-likeness (QED) is 0.825. The number of ether oxygens (including phenoxy) is 2. The van der Waals surface area contributed by atoms with Gasteiger partial charge in [0.05, 0.1) is 6.10 Å². The van der Waals surface area contributed by atoms with Gasteiger partial charge in [0.1, 0.15) is 13.2 Å². The summed E-state index contributed by atoms with van der Waals surface area (Å²) in [7, 11) is 0. The molecule has 0 aromatic carbocycles. The summed E-state index contributed by atoms with van der Waals surface area (Å²) in [5.74, 6) is 1.07. The third kappa shape index (κ3) is 2.87. The molecule has 6 heteroatoms. The lowest BCUT2D eigenvalue weighted by Crippen LogP contribution is -2.40. The average Bonchev–Trinajstić information content (AvgIpc) is 2.99. The summed E-state index contributed by atoms with van der Waals surface area (Å²) in [6, 6.07) is 1.45. The highest BCUT2D eigenvalue weighted by Gasteiger charge is 2.24. The fourth-order valence-corrected chi connectivity index (χ4v) is 2.72. The number of likely N-dealkylation sites (tertiary alicyclic amines) is 1. The molecule has 2 atom stereocenters. The maximum atomic E-state index is 10.4. The monoisotopic (exact) mass is 279 g/mol. The van der Waals surface area contributed by atoms with Gasteiger partial charge in [-0.25, -0.2) is 4.98 Å². The fourth-order valence-electron chi connectivity index (χ4n) is 2.72. The minimum absolute atomic E-state index is 0.322. The summed E-state index contributed by atoms with van der Waals surface area (Å²) in [6.07, 6.45) is 3.31. The molecule has 0 bridgehead atoms. The van der Waals surface area contributed by atoms with E-state index in [-0.39, 0.29) is 6.04 Å². The van der Waals surface area contributed by atoms with Gasteiger partial charge in [0.2, 0.25) is 0 Å². The van der Waals surface area contributed by atoms with E-state index in [1.54, 1.807) is 12.3 Å². The van der Waals surface area contributed by atoms with E-state index in [4.69, 9.17) is 15.2 Å². The van der Waals surface area contributed by atoms with Crippen LogP contribution in [0.3, 0.4) is 0 Å². The van der Waals surface area contributed by atoms with E-state index in [0.29, 0.717) is 37.0 Å². The Bertz CT molecular complexity index is 463. The van der Waals surface area contributed by atoms with E-state index >= 15 is 0 Å². The van der Waals surface area contributed by atoms with Crippen LogP contribution < -0.4 is 15.2 Å². The number of pyridine rings is 1. The Morgan fingerprint density at radius 3 is 2.85 bits per heavy atom. The molecule has 110 valence electrons. The van der Waals surface area contributed by atoms with Gasteiger partial charge in [-0.15, -0.1) is 0 Å². The largest absolute Gasteiger partial charge is 0.484 e. The van der Waals surface area contributed by atoms with Crippen LogP contribution in [0.1, 0.15) is 24.5 Å². The van der Waals surface area contributed by atoms with Crippen molar-refractivity contribution in [2.24, 2.45) is 5.73 Å². The Morgan fingerprint density at radius 1 is 1.30 bits per heavy atom. The van der Waals surface area contributed by atoms with Crippen molar-refractivity contribution in [2.75, 3.05) is 32.8 Å². The highest BCUT2D eigenvalue weighted by atomic mass is 16.6. The Hall–Kier alpha value is -1.37. The molecule has 0 amide bonds. The Balaban J connectivity index is 1.67. The van der Waals surface area contributed by atoms with Gasteiger partial charge in [0.25, 0.3) is 5.88 Å². The Morgan fingerprint density at radius 2 is 2.05 bits per heavy atom. The minimum atomic E-state index is -0.737. The molecule has 1 saturated heterocycles. The molecule has 1 fully saturated rings. The van der Waals surface area contributed by atoms with Gasteiger partial charge < -0.3 is 25.2 Å². The standard InChI is InChI=1S/C14H21N3O3/c15-11(9-17-3-1-2-4-17)13(18)10-7-12-14(16-8-10)20-6-5-19-12/h7-8,11,13,18H,1-6,9,15H2/t11-,13-/m1/s1. The molecule has 20 heavy (non-hydrogen) atoms. The number of nitrogens with two attached hydrogens (primary N) is 1. The lowest BCUT2D eigenvalue weighted by molar-refractivity contribution is 0.122. The van der Waals surface area contributed by atoms with Crippen LogP contribution in [0.5, 0.6) is 11.6 Å². The van der Waals surface area contributed by atoms with Crippen molar-refractivity contribution >= 4 is 0 Å². The number of rotatable bonds is 4. The molecule has 2 aliphatic rings. The van der Waals surface area contributed by atoms with Crippen LogP contribution in [0, 0.1) is 0 Å². The van der Waals surface area contributed by atoms with Gasteiger partial charge in [-0.3, -0.25) is 0 Å². The normalized spacial score (nSPS) is 21.7. The molecule has 1 aromatic rings. The maximum absolute atomic E-state index is 10.4. The molecule has 3 heterocycles. The Kier molecular flexibility index (Phi) is 4.05. The molecule has 0 saturated carbocycles. The molecule has 0 aliphatic carbocycles. The molecule has 3 N–H and O–H groups in total. The molecule has 6 nitrogen and oxygen atoms in total. The number of nitrogens with zero attached hydrogens (tertiary/aromatic N) is 2. The molecule has 2 aliphatic heterocycles. The number of aliphatic hydroxyl groups is 1. The highest BCUT2D eigenvalue weighted by Crippen LogP contribution is 2.30. The van der Waals surface area contributed by atoms with Crippen molar-refractivity contribution in [1.82, 2.24) is 9.88 Å². The van der Waals surface area contributed by atoms with Crippen molar-refractivity contribution < 1.29 is 14.6 Å². The summed E-state index contributed by atoms with van der Waals surface area (Å²) in [5.41, 5.74) is 6.80. The van der Waals surface area contributed by atoms with Gasteiger partial charge in [0, 0.05) is 24.3 Å². The third-order valence-corrected chi connectivity index (χ3v) is 3.83. The summed E-state index contributed by atoms with van der Waals surface area (Å²) in [5, 5.41) is 10.4. The summed E-state index contributed by atoms with van der Waals surface area (Å²) >= 11 is 0. The third-order valence-electron chi connectivity index (χ3n) is 3.83. The molecular weight excluding hydrogens is 258 g/mol. The predicted molar refractivity (Wildman–Crippen MR) is 73.8 cm³/mol. The number of hydrogen-bond donors (Lipinski definition) is 2. The highest BCUT2D eigenvalue weighted by molar-refractivity contribution is 5.38. The second-order valence-electron chi connectivity index (χ2n) is 5.39. The van der Waals surface area contributed by atoms with Crippen LogP contribution in [0.4, 0.5) is 0 Å². The van der Waals surface area contributed by atoms with E-state index in [9.17, 15) is 5.11 Å². The van der Waals surface area contributed by atoms with Crippen LogP contribution >= 0.6 is 0 Å². The van der Waals surface area contributed by atoms with Crippen LogP contribution in [0.15, 0.2) is 12.3 Å². The average molecular weight is 279 g/mol. The zero-order chi connectivity index (χ0) is 13.9. The van der Waals surface area contributed by atoms with Gasteiger partial charge in [-0.1, -0.05) is 0 Å². The van der Waals surface area contributed by atoms with E-state index in [1.807, 2.05) is 0 Å². The van der Waals surface area contributed by atoms with Gasteiger partial charge in [-0.05, 0) is 32.0 Å². The first kappa shape index (κ1) is 13.6. The Labute approximate surface area is 118 Å². The van der Waals surface area contributed by atoms with Gasteiger partial charge in [-0.2, -0.15) is 0 Å². The van der Waals surface area contributed by atoms with Crippen molar-refractivity contribution in [3.05, 3.63) is 17.8 Å². The van der Waals surface area contributed by atoms with Crippen LogP contribution in [0.2, 0.25) is 0 Å². The lowest BCUT2D eigenvalue weighted by Gasteiger charge is -2.25. The minimum Gasteiger partial charge on any atom is -0.484 e. The first-order valence-electron chi connectivity index (χ1n) is 7.15. The maximum Gasteiger partial charge on any atom is 0.257 e. The number of aliphatic hydroxyl groups excluding tert-OH is 1. The van der Waals surface area contributed by atoms with Crippen molar-refractivity contribution in [3.8, 4) is 11.6 Å². The molecule has 3 rings (SSSR count). The van der Waals surface area contributed by atoms with Crippen LogP contribution in [-0.2, 0) is 0 Å². The van der Waals surface area contributed by atoms with Crippen molar-refractivity contribution in [3.63, 3.8) is 0 Å². The zero-order valence-corrected chi connectivity index (χ0v) is 11.5. The molecule has 0 spiro atoms. The van der Waals surface area contributed by atoms with E-state index < -0.39 is 6.10 Å². The summed E-state index contributed by atoms with van der Waals surface area (Å²) in [4.78, 5) is 6.47. The first-order valence-corrected chi connectivity index (χ1v) is 7.15. The van der Waals surface area contributed by atoms with Crippen molar-refractivity contribution in [1.29, 1.82) is 0 Å². The lowest BCUT2D eigenvalue weighted by atomic mass is 10.0. The number of aromatic nitrogens is 1. The number of hydrogen-bond acceptors (Lipinski definition) is 6. The van der Waals surface area contributed by atoms with Crippen LogP contribution in [0.25, 0.3) is 0 Å². The van der Waals surface area contributed by atoms with Gasteiger partial charge >= 0.3 is 0 Å². The second kappa shape index (κ2) is 5.95. The van der Waals surface area contributed by atoms with Crippen LogP contribution in [-0.4, -0.2) is 53.9 Å². The zero-order valence-electron chi connectivity index (χ0n) is 11.5. The topological polar surface area (TPSA) is 80.8 Å². The molecule has 0 unspecified atom stereocenters. The summed E-state index contributed by atoms with van der Waals surface area (Å²) in [6.45, 7) is 3.86. The summed E-state index contributed by atoms with van der Waals surface area (Å²) < 4.78 is 10.8.